The lowest BCUT2D eigenvalue weighted by molar-refractivity contribution is 0.0475. The highest BCUT2D eigenvalue weighted by Crippen LogP contribution is 2.37. The monoisotopic (exact) mass is 291 g/mol. The van der Waals surface area contributed by atoms with E-state index >= 15 is 0 Å². The average Bonchev–Trinajstić information content (AvgIpc) is 2.46. The first-order valence-electron chi connectivity index (χ1n) is 7.84. The molecule has 0 saturated carbocycles. The summed E-state index contributed by atoms with van der Waals surface area (Å²) in [4.78, 5) is 0. The van der Waals surface area contributed by atoms with Gasteiger partial charge in [0.2, 0.25) is 0 Å². The molecule has 1 saturated heterocycles. The van der Waals surface area contributed by atoms with Gasteiger partial charge in [-0.15, -0.1) is 0 Å². The Morgan fingerprint density at radius 3 is 2.48 bits per heavy atom. The van der Waals surface area contributed by atoms with Crippen LogP contribution in [0.2, 0.25) is 0 Å². The first kappa shape index (κ1) is 16.3. The summed E-state index contributed by atoms with van der Waals surface area (Å²) in [6.07, 6.45) is 2.12. The molecule has 1 aromatic rings. The van der Waals surface area contributed by atoms with Gasteiger partial charge in [-0.25, -0.2) is 0 Å². The molecule has 1 N–H and O–H groups in total. The molecule has 3 heteroatoms. The van der Waals surface area contributed by atoms with E-state index in [1.165, 1.54) is 11.1 Å². The van der Waals surface area contributed by atoms with Gasteiger partial charge in [0, 0.05) is 30.7 Å². The van der Waals surface area contributed by atoms with Crippen molar-refractivity contribution in [2.75, 3.05) is 26.9 Å². The zero-order valence-corrected chi connectivity index (χ0v) is 14.1. The molecule has 0 spiro atoms. The molecule has 1 heterocycles. The van der Waals surface area contributed by atoms with E-state index in [4.69, 9.17) is 9.47 Å². The average molecular weight is 291 g/mol. The summed E-state index contributed by atoms with van der Waals surface area (Å²) in [6, 6.07) is 6.64. The van der Waals surface area contributed by atoms with Gasteiger partial charge in [-0.2, -0.15) is 0 Å². The van der Waals surface area contributed by atoms with Crippen molar-refractivity contribution in [3.05, 3.63) is 29.3 Å². The van der Waals surface area contributed by atoms with Gasteiger partial charge in [-0.3, -0.25) is 0 Å². The van der Waals surface area contributed by atoms with Crippen LogP contribution in [0.5, 0.6) is 5.75 Å². The van der Waals surface area contributed by atoms with E-state index in [1.807, 2.05) is 0 Å². The van der Waals surface area contributed by atoms with Crippen LogP contribution < -0.4 is 10.1 Å². The number of ether oxygens (including phenoxy) is 2. The lowest BCUT2D eigenvalue weighted by Gasteiger charge is -2.40. The SMILES string of the molecule is COc1cc(C2(CNC(C)(C)C)CCOCC2)ccc1C. The molecule has 0 unspecified atom stereocenters. The number of rotatable bonds is 4. The van der Waals surface area contributed by atoms with Crippen LogP contribution in [0, 0.1) is 6.92 Å². The summed E-state index contributed by atoms with van der Waals surface area (Å²) in [7, 11) is 1.75. The molecule has 0 amide bonds. The number of hydrogen-bond acceptors (Lipinski definition) is 3. The lowest BCUT2D eigenvalue weighted by atomic mass is 9.73. The number of benzene rings is 1. The topological polar surface area (TPSA) is 30.5 Å². The molecule has 0 bridgehead atoms. The summed E-state index contributed by atoms with van der Waals surface area (Å²) >= 11 is 0. The minimum atomic E-state index is 0.125. The summed E-state index contributed by atoms with van der Waals surface area (Å²) < 4.78 is 11.1. The maximum absolute atomic E-state index is 5.60. The number of hydrogen-bond donors (Lipinski definition) is 1. The molecule has 0 aromatic heterocycles. The fourth-order valence-electron chi connectivity index (χ4n) is 2.91. The van der Waals surface area contributed by atoms with Crippen molar-refractivity contribution in [3.63, 3.8) is 0 Å². The van der Waals surface area contributed by atoms with Crippen molar-refractivity contribution >= 4 is 0 Å². The van der Waals surface area contributed by atoms with Gasteiger partial charge in [-0.05, 0) is 57.7 Å². The predicted molar refractivity (Wildman–Crippen MR) is 87.2 cm³/mol. The molecule has 1 fully saturated rings. The minimum absolute atomic E-state index is 0.125. The summed E-state index contributed by atoms with van der Waals surface area (Å²) in [5.41, 5.74) is 2.82. The van der Waals surface area contributed by atoms with Crippen LogP contribution in [0.3, 0.4) is 0 Å². The standard InChI is InChI=1S/C18H29NO2/c1-14-6-7-15(12-16(14)20-5)18(8-10-21-11-9-18)13-19-17(2,3)4/h6-7,12,19H,8-11,13H2,1-5H3. The molecule has 118 valence electrons. The van der Waals surface area contributed by atoms with E-state index in [0.29, 0.717) is 0 Å². The molecule has 3 nitrogen and oxygen atoms in total. The van der Waals surface area contributed by atoms with Crippen LogP contribution >= 0.6 is 0 Å². The Morgan fingerprint density at radius 1 is 1.24 bits per heavy atom. The molecule has 0 atom stereocenters. The Balaban J connectivity index is 2.30. The first-order chi connectivity index (χ1) is 9.86. The molecule has 21 heavy (non-hydrogen) atoms. The second-order valence-electron chi connectivity index (χ2n) is 7.18. The lowest BCUT2D eigenvalue weighted by Crippen LogP contribution is -2.48. The van der Waals surface area contributed by atoms with Crippen LogP contribution in [0.4, 0.5) is 0 Å². The maximum atomic E-state index is 5.60. The molecule has 1 aliphatic rings. The summed E-state index contributed by atoms with van der Waals surface area (Å²) in [6.45, 7) is 11.4. The van der Waals surface area contributed by atoms with E-state index in [1.54, 1.807) is 7.11 Å². The van der Waals surface area contributed by atoms with Gasteiger partial charge in [0.25, 0.3) is 0 Å². The first-order valence-corrected chi connectivity index (χ1v) is 7.84. The fourth-order valence-corrected chi connectivity index (χ4v) is 2.91. The predicted octanol–water partition coefficient (Wildman–Crippen LogP) is 3.44. The minimum Gasteiger partial charge on any atom is -0.496 e. The zero-order chi connectivity index (χ0) is 15.5. The second-order valence-corrected chi connectivity index (χ2v) is 7.18. The van der Waals surface area contributed by atoms with Crippen molar-refractivity contribution in [2.45, 2.75) is 51.5 Å². The zero-order valence-electron chi connectivity index (χ0n) is 14.1. The second kappa shape index (κ2) is 6.37. The highest BCUT2D eigenvalue weighted by atomic mass is 16.5. The van der Waals surface area contributed by atoms with E-state index in [-0.39, 0.29) is 11.0 Å². The van der Waals surface area contributed by atoms with E-state index in [2.05, 4.69) is 51.2 Å². The number of nitrogens with one attached hydrogen (secondary N) is 1. The molecular weight excluding hydrogens is 262 g/mol. The van der Waals surface area contributed by atoms with E-state index in [9.17, 15) is 0 Å². The molecule has 1 aliphatic heterocycles. The van der Waals surface area contributed by atoms with Gasteiger partial charge in [0.1, 0.15) is 5.75 Å². The molecule has 0 radical (unpaired) electrons. The van der Waals surface area contributed by atoms with Crippen molar-refractivity contribution in [1.82, 2.24) is 5.32 Å². The van der Waals surface area contributed by atoms with E-state index < -0.39 is 0 Å². The molecule has 2 rings (SSSR count). The highest BCUT2D eigenvalue weighted by molar-refractivity contribution is 5.40. The third-order valence-corrected chi connectivity index (χ3v) is 4.43. The smallest absolute Gasteiger partial charge is 0.122 e. The van der Waals surface area contributed by atoms with Gasteiger partial charge >= 0.3 is 0 Å². The van der Waals surface area contributed by atoms with Gasteiger partial charge in [-0.1, -0.05) is 12.1 Å². The van der Waals surface area contributed by atoms with Crippen LogP contribution in [0.15, 0.2) is 18.2 Å². The summed E-state index contributed by atoms with van der Waals surface area (Å²) in [5, 5.41) is 3.69. The fraction of sp³-hybridized carbons (Fsp3) is 0.667. The van der Waals surface area contributed by atoms with Crippen LogP contribution in [0.1, 0.15) is 44.7 Å². The quantitative estimate of drug-likeness (QED) is 0.922. The third-order valence-electron chi connectivity index (χ3n) is 4.43. The number of methoxy groups -OCH3 is 1. The third kappa shape index (κ3) is 3.98. The van der Waals surface area contributed by atoms with Crippen molar-refractivity contribution in [1.29, 1.82) is 0 Å². The van der Waals surface area contributed by atoms with Gasteiger partial charge in [0.05, 0.1) is 7.11 Å². The Labute approximate surface area is 129 Å². The largest absolute Gasteiger partial charge is 0.496 e. The van der Waals surface area contributed by atoms with Gasteiger partial charge < -0.3 is 14.8 Å². The molecule has 0 aliphatic carbocycles. The Hall–Kier alpha value is -1.06. The Bertz CT molecular complexity index is 471. The van der Waals surface area contributed by atoms with Crippen LogP contribution in [-0.2, 0) is 10.2 Å². The normalized spacial score (nSPS) is 18.5. The summed E-state index contributed by atoms with van der Waals surface area (Å²) in [5.74, 6) is 0.981. The number of aryl methyl sites for hydroxylation is 1. The Kier molecular flexibility index (Phi) is 4.95. The highest BCUT2D eigenvalue weighted by Gasteiger charge is 2.35. The maximum Gasteiger partial charge on any atom is 0.122 e. The molecule has 1 aromatic carbocycles. The van der Waals surface area contributed by atoms with E-state index in [0.717, 1.165) is 38.3 Å². The van der Waals surface area contributed by atoms with Crippen molar-refractivity contribution in [3.8, 4) is 5.75 Å². The van der Waals surface area contributed by atoms with Crippen LogP contribution in [0.25, 0.3) is 0 Å². The van der Waals surface area contributed by atoms with Crippen LogP contribution in [-0.4, -0.2) is 32.4 Å². The Morgan fingerprint density at radius 2 is 1.90 bits per heavy atom. The van der Waals surface area contributed by atoms with Gasteiger partial charge in [0.15, 0.2) is 0 Å². The van der Waals surface area contributed by atoms with Crippen molar-refractivity contribution in [2.24, 2.45) is 0 Å². The molecular formula is C18H29NO2. The van der Waals surface area contributed by atoms with Crippen molar-refractivity contribution < 1.29 is 9.47 Å².